The lowest BCUT2D eigenvalue weighted by molar-refractivity contribution is -0.138. The Kier molecular flexibility index (Phi) is 18.2. The monoisotopic (exact) mass is 750 g/mol. The number of unbranched alkanes of at least 4 members (excludes halogenated alkanes) is 2. The van der Waals surface area contributed by atoms with Crippen molar-refractivity contribution in [2.75, 3.05) is 26.4 Å². The van der Waals surface area contributed by atoms with E-state index in [2.05, 4.69) is 26.3 Å². The molecule has 12 heteroatoms. The van der Waals surface area contributed by atoms with Crippen LogP contribution in [0.4, 0.5) is 0 Å². The summed E-state index contributed by atoms with van der Waals surface area (Å²) < 4.78 is 37.4. The molecule has 0 aromatic heterocycles. The third kappa shape index (κ3) is 15.7. The SMILES string of the molecule is C=CC(=O)OCCCCOc1ccc(C(=O)O/C(C=C)=C/C=C(\C=C)OC(=O)c2ccc(OC(=O)c3ccc(OCCCCOC(=O)C=C)cc3)cc2)cc1. The lowest BCUT2D eigenvalue weighted by Crippen LogP contribution is -2.09. The van der Waals surface area contributed by atoms with Crippen molar-refractivity contribution in [2.45, 2.75) is 25.7 Å². The Morgan fingerprint density at radius 1 is 0.436 bits per heavy atom. The summed E-state index contributed by atoms with van der Waals surface area (Å²) in [7, 11) is 0. The molecule has 0 heterocycles. The minimum atomic E-state index is -0.707. The van der Waals surface area contributed by atoms with E-state index in [-0.39, 0.29) is 41.6 Å². The van der Waals surface area contributed by atoms with E-state index in [9.17, 15) is 24.0 Å². The molecule has 0 fully saturated rings. The van der Waals surface area contributed by atoms with Gasteiger partial charge in [-0.2, -0.15) is 0 Å². The summed E-state index contributed by atoms with van der Waals surface area (Å²) in [6.07, 6.45) is 10.2. The number of benzene rings is 3. The van der Waals surface area contributed by atoms with Gasteiger partial charge in [-0.25, -0.2) is 24.0 Å². The highest BCUT2D eigenvalue weighted by molar-refractivity contribution is 5.92. The summed E-state index contributed by atoms with van der Waals surface area (Å²) >= 11 is 0. The molecule has 0 radical (unpaired) electrons. The largest absolute Gasteiger partial charge is 0.494 e. The van der Waals surface area contributed by atoms with Gasteiger partial charge in [0.25, 0.3) is 0 Å². The van der Waals surface area contributed by atoms with E-state index in [4.69, 9.17) is 33.2 Å². The molecule has 0 N–H and O–H groups in total. The summed E-state index contributed by atoms with van der Waals surface area (Å²) in [6.45, 7) is 15.4. The van der Waals surface area contributed by atoms with Gasteiger partial charge in [-0.05, 0) is 123 Å². The van der Waals surface area contributed by atoms with Crippen LogP contribution in [0, 0.1) is 0 Å². The number of hydrogen-bond donors (Lipinski definition) is 0. The molecule has 0 aliphatic heterocycles. The molecule has 0 bridgehead atoms. The standard InChI is InChI=1S/C43H42O12/c1-5-34(53-41(46)31-13-19-36(20-14-31)49-27-9-11-29-51-39(44)7-3)25-26-35(6-2)54-42(47)33-17-23-38(24-18-33)55-43(48)32-15-21-37(22-16-32)50-28-10-12-30-52-40(45)8-4/h5-8,13-26H,1-4,9-12,27-30H2/b34-25+,35-26+. The number of esters is 5. The topological polar surface area (TPSA) is 150 Å². The molecule has 3 rings (SSSR count). The van der Waals surface area contributed by atoms with Crippen LogP contribution >= 0.6 is 0 Å². The fourth-order valence-electron chi connectivity index (χ4n) is 4.23. The third-order valence-corrected chi connectivity index (χ3v) is 7.15. The first-order valence-electron chi connectivity index (χ1n) is 17.1. The Bertz CT molecular complexity index is 1870. The van der Waals surface area contributed by atoms with Crippen molar-refractivity contribution in [3.05, 3.63) is 164 Å². The quantitative estimate of drug-likeness (QED) is 0.0177. The molecule has 55 heavy (non-hydrogen) atoms. The van der Waals surface area contributed by atoms with Gasteiger partial charge < -0.3 is 33.2 Å². The first-order valence-corrected chi connectivity index (χ1v) is 17.1. The fraction of sp³-hybridized carbons (Fsp3) is 0.186. The molecule has 286 valence electrons. The highest BCUT2D eigenvalue weighted by atomic mass is 16.6. The molecule has 0 unspecified atom stereocenters. The van der Waals surface area contributed by atoms with E-state index in [1.807, 2.05) is 0 Å². The van der Waals surface area contributed by atoms with Gasteiger partial charge in [-0.15, -0.1) is 0 Å². The highest BCUT2D eigenvalue weighted by Gasteiger charge is 2.13. The molecular formula is C43H42O12. The number of allylic oxidation sites excluding steroid dienone is 4. The van der Waals surface area contributed by atoms with Gasteiger partial charge >= 0.3 is 29.8 Å². The number of carbonyl (C=O) groups is 5. The smallest absolute Gasteiger partial charge is 0.343 e. The van der Waals surface area contributed by atoms with Crippen LogP contribution in [-0.2, 0) is 28.5 Å². The molecule has 0 saturated carbocycles. The van der Waals surface area contributed by atoms with Crippen LogP contribution in [0.2, 0.25) is 0 Å². The van der Waals surface area contributed by atoms with E-state index in [1.165, 1.54) is 48.6 Å². The van der Waals surface area contributed by atoms with Gasteiger partial charge in [0.1, 0.15) is 28.8 Å². The van der Waals surface area contributed by atoms with E-state index >= 15 is 0 Å². The Morgan fingerprint density at radius 2 is 0.782 bits per heavy atom. The van der Waals surface area contributed by atoms with Crippen LogP contribution in [0.25, 0.3) is 0 Å². The highest BCUT2D eigenvalue weighted by Crippen LogP contribution is 2.19. The first-order chi connectivity index (χ1) is 26.6. The fourth-order valence-corrected chi connectivity index (χ4v) is 4.23. The molecule has 0 spiro atoms. The van der Waals surface area contributed by atoms with Crippen molar-refractivity contribution >= 4 is 29.8 Å². The van der Waals surface area contributed by atoms with Crippen LogP contribution in [0.15, 0.2) is 147 Å². The summed E-state index contributed by atoms with van der Waals surface area (Å²) in [5.41, 5.74) is 0.736. The predicted molar refractivity (Wildman–Crippen MR) is 203 cm³/mol. The Balaban J connectivity index is 1.45. The Labute approximate surface area is 319 Å². The molecule has 0 saturated heterocycles. The van der Waals surface area contributed by atoms with Crippen molar-refractivity contribution < 1.29 is 57.1 Å². The van der Waals surface area contributed by atoms with Crippen molar-refractivity contribution in [2.24, 2.45) is 0 Å². The molecular weight excluding hydrogens is 708 g/mol. The zero-order valence-electron chi connectivity index (χ0n) is 30.3. The number of hydrogen-bond acceptors (Lipinski definition) is 12. The van der Waals surface area contributed by atoms with Crippen molar-refractivity contribution in [3.8, 4) is 17.2 Å². The normalized spacial score (nSPS) is 10.9. The second-order valence-corrected chi connectivity index (χ2v) is 11.1. The van der Waals surface area contributed by atoms with E-state index in [0.717, 1.165) is 12.2 Å². The van der Waals surface area contributed by atoms with Gasteiger partial charge in [0.05, 0.1) is 43.1 Å². The maximum atomic E-state index is 12.8. The molecule has 0 atom stereocenters. The van der Waals surface area contributed by atoms with Gasteiger partial charge in [-0.1, -0.05) is 26.3 Å². The average Bonchev–Trinajstić information content (AvgIpc) is 3.21. The van der Waals surface area contributed by atoms with Gasteiger partial charge in [-0.3, -0.25) is 0 Å². The van der Waals surface area contributed by atoms with Crippen molar-refractivity contribution in [3.63, 3.8) is 0 Å². The first kappa shape index (κ1) is 42.5. The lowest BCUT2D eigenvalue weighted by atomic mass is 10.2. The Morgan fingerprint density at radius 3 is 1.15 bits per heavy atom. The number of rotatable bonds is 23. The lowest BCUT2D eigenvalue weighted by Gasteiger charge is -2.09. The summed E-state index contributed by atoms with van der Waals surface area (Å²) in [5, 5.41) is 0. The second kappa shape index (κ2) is 23.6. The maximum absolute atomic E-state index is 12.8. The van der Waals surface area contributed by atoms with Gasteiger partial charge in [0.2, 0.25) is 0 Å². The van der Waals surface area contributed by atoms with E-state index in [1.54, 1.807) is 48.5 Å². The minimum absolute atomic E-state index is 0.0673. The van der Waals surface area contributed by atoms with Gasteiger partial charge in [0, 0.05) is 12.2 Å². The van der Waals surface area contributed by atoms with Gasteiger partial charge in [0.15, 0.2) is 0 Å². The average molecular weight is 751 g/mol. The molecule has 3 aromatic carbocycles. The van der Waals surface area contributed by atoms with E-state index in [0.29, 0.717) is 56.0 Å². The van der Waals surface area contributed by atoms with Crippen LogP contribution in [0.5, 0.6) is 17.2 Å². The van der Waals surface area contributed by atoms with Crippen LogP contribution in [-0.4, -0.2) is 56.3 Å². The third-order valence-electron chi connectivity index (χ3n) is 7.15. The van der Waals surface area contributed by atoms with Crippen LogP contribution in [0.1, 0.15) is 56.8 Å². The summed E-state index contributed by atoms with van der Waals surface area (Å²) in [6, 6.07) is 18.6. The zero-order valence-corrected chi connectivity index (χ0v) is 30.3. The summed E-state index contributed by atoms with van der Waals surface area (Å²) in [4.78, 5) is 60.3. The molecule has 0 aliphatic rings. The molecule has 12 nitrogen and oxygen atoms in total. The van der Waals surface area contributed by atoms with Crippen molar-refractivity contribution in [1.82, 2.24) is 0 Å². The minimum Gasteiger partial charge on any atom is -0.494 e. The van der Waals surface area contributed by atoms with E-state index < -0.39 is 29.8 Å². The molecule has 3 aromatic rings. The summed E-state index contributed by atoms with van der Waals surface area (Å²) in [5.74, 6) is -1.40. The molecule has 0 amide bonds. The predicted octanol–water partition coefficient (Wildman–Crippen LogP) is 7.84. The van der Waals surface area contributed by atoms with Crippen molar-refractivity contribution in [1.29, 1.82) is 0 Å². The number of ether oxygens (including phenoxy) is 7. The maximum Gasteiger partial charge on any atom is 0.343 e. The number of carbonyl (C=O) groups excluding carboxylic acids is 5. The zero-order chi connectivity index (χ0) is 39.8. The van der Waals surface area contributed by atoms with Crippen LogP contribution < -0.4 is 14.2 Å². The molecule has 0 aliphatic carbocycles. The second-order valence-electron chi connectivity index (χ2n) is 11.1. The van der Waals surface area contributed by atoms with Crippen LogP contribution in [0.3, 0.4) is 0 Å². The Hall–Kier alpha value is -6.95.